The summed E-state index contributed by atoms with van der Waals surface area (Å²) < 4.78 is 0. The zero-order valence-electron chi connectivity index (χ0n) is 13.2. The van der Waals surface area contributed by atoms with Gasteiger partial charge in [-0.2, -0.15) is 0 Å². The van der Waals surface area contributed by atoms with Gasteiger partial charge in [0.15, 0.2) is 52.1 Å². The van der Waals surface area contributed by atoms with Crippen LogP contribution in [-0.2, 0) is 0 Å². The van der Waals surface area contributed by atoms with Crippen LogP contribution in [0.4, 0.5) is 0 Å². The standard InChI is InChI=1S/2C6H16N2.3Al.H2N.9H/c2*1-7(2)5-6-8(3)4;;;;;;;;;;;;;/h2*5-6H2,1-4H3;;;;1H2;;;;;;;;;/q;;;;;-1;;;;;;;;;. The molecule has 0 saturated heterocycles. The highest BCUT2D eigenvalue weighted by molar-refractivity contribution is 5.76. The second-order valence-electron chi connectivity index (χ2n) is 5.21. The van der Waals surface area contributed by atoms with Gasteiger partial charge in [0, 0.05) is 26.2 Å². The summed E-state index contributed by atoms with van der Waals surface area (Å²) in [6.07, 6.45) is 0. The van der Waals surface area contributed by atoms with Crippen molar-refractivity contribution in [3.8, 4) is 0 Å². The molecule has 0 spiro atoms. The van der Waals surface area contributed by atoms with Gasteiger partial charge in [-0.1, -0.05) is 0 Å². The van der Waals surface area contributed by atoms with Crippen LogP contribution in [0.1, 0.15) is 0 Å². The lowest BCUT2D eigenvalue weighted by Crippen LogP contribution is -2.25. The summed E-state index contributed by atoms with van der Waals surface area (Å²) in [6.45, 7) is 4.58. The van der Waals surface area contributed by atoms with Crippen LogP contribution >= 0.6 is 0 Å². The van der Waals surface area contributed by atoms with E-state index in [1.54, 1.807) is 0 Å². The highest BCUT2D eigenvalue weighted by Crippen LogP contribution is 1.76. The lowest BCUT2D eigenvalue weighted by atomic mass is 10.5. The number of hydrogen-bond acceptors (Lipinski definition) is 4. The fourth-order valence-corrected chi connectivity index (χ4v) is 0.800. The zero-order valence-corrected chi connectivity index (χ0v) is 13.2. The van der Waals surface area contributed by atoms with Crippen molar-refractivity contribution < 1.29 is 0 Å². The molecule has 0 fully saturated rings. The van der Waals surface area contributed by atoms with Crippen LogP contribution in [0.15, 0.2) is 0 Å². The highest BCUT2D eigenvalue weighted by atomic mass is 27.0. The molecular formula is C12H43Al3N5-. The number of hydrogen-bond donors (Lipinski definition) is 0. The lowest BCUT2D eigenvalue weighted by Gasteiger charge is -2.13. The maximum absolute atomic E-state index is 2.18. The van der Waals surface area contributed by atoms with Gasteiger partial charge in [0.05, 0.1) is 0 Å². The average molecular weight is 338 g/mol. The van der Waals surface area contributed by atoms with Gasteiger partial charge in [0.2, 0.25) is 0 Å². The van der Waals surface area contributed by atoms with E-state index in [-0.39, 0.29) is 58.2 Å². The molecule has 0 aliphatic rings. The summed E-state index contributed by atoms with van der Waals surface area (Å²) in [6, 6.07) is 0. The van der Waals surface area contributed by atoms with Crippen molar-refractivity contribution in [2.75, 3.05) is 82.6 Å². The third kappa shape index (κ3) is 50.5. The summed E-state index contributed by atoms with van der Waals surface area (Å²) in [4.78, 5) is 8.72. The first-order chi connectivity index (χ1) is 7.25. The van der Waals surface area contributed by atoms with Gasteiger partial charge in [0.1, 0.15) is 0 Å². The quantitative estimate of drug-likeness (QED) is 0.498. The Hall–Kier alpha value is 1.40. The van der Waals surface area contributed by atoms with E-state index in [1.165, 1.54) is 0 Å². The van der Waals surface area contributed by atoms with Crippen LogP contribution in [0.3, 0.4) is 0 Å². The summed E-state index contributed by atoms with van der Waals surface area (Å²) in [5.41, 5.74) is 0. The molecule has 0 aliphatic carbocycles. The Morgan fingerprint density at radius 2 is 0.500 bits per heavy atom. The molecule has 0 aromatic heterocycles. The van der Waals surface area contributed by atoms with E-state index in [4.69, 9.17) is 0 Å². The highest BCUT2D eigenvalue weighted by Gasteiger charge is 1.90. The Morgan fingerprint density at radius 1 is 0.400 bits per heavy atom. The van der Waals surface area contributed by atoms with Gasteiger partial charge >= 0.3 is 0 Å². The number of nitrogens with two attached hydrogens (primary N) is 1. The van der Waals surface area contributed by atoms with Gasteiger partial charge in [-0.05, 0) is 56.4 Å². The summed E-state index contributed by atoms with van der Waals surface area (Å²) in [7, 11) is 16.7. The molecule has 0 radical (unpaired) electrons. The third-order valence-electron chi connectivity index (χ3n) is 1.99. The zero-order chi connectivity index (χ0) is 13.1. The second-order valence-corrected chi connectivity index (χ2v) is 5.21. The van der Waals surface area contributed by atoms with E-state index in [0.29, 0.717) is 0 Å². The first-order valence-electron chi connectivity index (χ1n) is 5.84. The van der Waals surface area contributed by atoms with E-state index in [0.717, 1.165) is 26.2 Å². The van der Waals surface area contributed by atoms with Crippen LogP contribution in [-0.4, -0.2) is 154 Å². The van der Waals surface area contributed by atoms with Crippen molar-refractivity contribution in [1.29, 1.82) is 0 Å². The summed E-state index contributed by atoms with van der Waals surface area (Å²) >= 11 is 0. The molecule has 0 atom stereocenters. The third-order valence-corrected chi connectivity index (χ3v) is 1.99. The first-order valence-corrected chi connectivity index (χ1v) is 5.84. The summed E-state index contributed by atoms with van der Waals surface area (Å²) in [5, 5.41) is 0. The molecule has 20 heavy (non-hydrogen) atoms. The fraction of sp³-hybridized carbons (Fsp3) is 1.00. The number of rotatable bonds is 6. The van der Waals surface area contributed by atoms with Gasteiger partial charge < -0.3 is 25.8 Å². The molecule has 0 amide bonds. The predicted molar refractivity (Wildman–Crippen MR) is 109 cm³/mol. The minimum atomic E-state index is 0. The van der Waals surface area contributed by atoms with E-state index >= 15 is 0 Å². The largest absolute Gasteiger partial charge is 0.693 e. The van der Waals surface area contributed by atoms with E-state index in [9.17, 15) is 0 Å². The normalized spacial score (nSPS) is 9.00. The SMILES string of the molecule is CN(C)CCN(C)C.CN(C)CCN(C)C.[AlH3].[AlH3].[AlH3].[NH2-]. The molecule has 5 nitrogen and oxygen atoms in total. The molecule has 126 valence electrons. The Labute approximate surface area is 160 Å². The average Bonchev–Trinajstić information content (AvgIpc) is 2.12. The smallest absolute Gasteiger partial charge is 0.187 e. The monoisotopic (exact) mass is 338 g/mol. The Balaban J connectivity index is -0.0000000408. The Bertz CT molecular complexity index is 115. The van der Waals surface area contributed by atoms with Crippen LogP contribution in [0.2, 0.25) is 0 Å². The van der Waals surface area contributed by atoms with Crippen molar-refractivity contribution in [2.45, 2.75) is 0 Å². The minimum Gasteiger partial charge on any atom is -0.693 e. The van der Waals surface area contributed by atoms with Crippen LogP contribution in [0.25, 0.3) is 6.15 Å². The van der Waals surface area contributed by atoms with Crippen LogP contribution in [0, 0.1) is 0 Å². The molecule has 0 aliphatic heterocycles. The van der Waals surface area contributed by atoms with Crippen LogP contribution in [0.5, 0.6) is 0 Å². The molecule has 8 heteroatoms. The maximum atomic E-state index is 2.18. The second kappa shape index (κ2) is 25.4. The molecule has 0 aromatic rings. The van der Waals surface area contributed by atoms with Gasteiger partial charge in [-0.3, -0.25) is 0 Å². The molecule has 0 saturated carbocycles. The van der Waals surface area contributed by atoms with Crippen molar-refractivity contribution >= 4 is 52.1 Å². The first kappa shape index (κ1) is 37.6. The van der Waals surface area contributed by atoms with Gasteiger partial charge in [0.25, 0.3) is 0 Å². The maximum Gasteiger partial charge on any atom is 0.187 e. The van der Waals surface area contributed by atoms with E-state index in [1.807, 2.05) is 0 Å². The molecule has 0 rings (SSSR count). The van der Waals surface area contributed by atoms with Gasteiger partial charge in [-0.15, -0.1) is 0 Å². The molecule has 2 N–H and O–H groups in total. The van der Waals surface area contributed by atoms with Crippen molar-refractivity contribution in [3.63, 3.8) is 0 Å². The Kier molecular flexibility index (Phi) is 47.6. The molecule has 0 aromatic carbocycles. The van der Waals surface area contributed by atoms with E-state index in [2.05, 4.69) is 76.0 Å². The van der Waals surface area contributed by atoms with Gasteiger partial charge in [-0.25, -0.2) is 0 Å². The molecular weight excluding hydrogens is 295 g/mol. The van der Waals surface area contributed by atoms with Crippen molar-refractivity contribution in [1.82, 2.24) is 19.6 Å². The molecule has 0 unspecified atom stereocenters. The van der Waals surface area contributed by atoms with Crippen molar-refractivity contribution in [3.05, 3.63) is 6.15 Å². The van der Waals surface area contributed by atoms with Crippen LogP contribution < -0.4 is 0 Å². The van der Waals surface area contributed by atoms with Crippen molar-refractivity contribution in [2.24, 2.45) is 0 Å². The number of likely N-dealkylation sites (N-methyl/N-ethyl adjacent to an activating group) is 4. The molecule has 0 heterocycles. The summed E-state index contributed by atoms with van der Waals surface area (Å²) in [5.74, 6) is 0. The minimum absolute atomic E-state index is 0. The topological polar surface area (TPSA) is 46.5 Å². The van der Waals surface area contributed by atoms with E-state index < -0.39 is 0 Å². The Morgan fingerprint density at radius 3 is 0.550 bits per heavy atom. The fourth-order valence-electron chi connectivity index (χ4n) is 0.800. The lowest BCUT2D eigenvalue weighted by molar-refractivity contribution is 0.320. The molecule has 0 bridgehead atoms. The number of nitrogens with zero attached hydrogens (tertiary/aromatic N) is 4. The predicted octanol–water partition coefficient (Wildman–Crippen LogP) is -2.62.